The van der Waals surface area contributed by atoms with Crippen molar-refractivity contribution in [3.05, 3.63) is 36.4 Å². The SMILES string of the molecule is O=C1CC(CO)CN1c1cccc2ccc(O)cc12. The molecule has 2 aromatic carbocycles. The first-order valence-corrected chi connectivity index (χ1v) is 6.32. The number of carbonyl (C=O) groups is 1. The number of rotatable bonds is 2. The predicted octanol–water partition coefficient (Wildman–Crippen LogP) is 1.89. The zero-order valence-electron chi connectivity index (χ0n) is 10.4. The summed E-state index contributed by atoms with van der Waals surface area (Å²) in [5.74, 6) is 0.209. The van der Waals surface area contributed by atoms with Gasteiger partial charge in [-0.1, -0.05) is 18.2 Å². The summed E-state index contributed by atoms with van der Waals surface area (Å²) >= 11 is 0. The molecule has 1 aliphatic rings. The summed E-state index contributed by atoms with van der Waals surface area (Å²) in [7, 11) is 0. The molecule has 2 N–H and O–H groups in total. The number of anilines is 1. The highest BCUT2D eigenvalue weighted by Crippen LogP contribution is 2.33. The minimum atomic E-state index is 0.0000605. The normalized spacial score (nSPS) is 19.3. The molecular formula is C15H15NO3. The molecule has 0 aliphatic carbocycles. The van der Waals surface area contributed by atoms with Crippen LogP contribution in [0.1, 0.15) is 6.42 Å². The van der Waals surface area contributed by atoms with Crippen LogP contribution in [0.15, 0.2) is 36.4 Å². The number of fused-ring (bicyclic) bond motifs is 1. The number of benzene rings is 2. The van der Waals surface area contributed by atoms with Crippen LogP contribution < -0.4 is 4.90 Å². The Labute approximate surface area is 110 Å². The van der Waals surface area contributed by atoms with E-state index in [1.54, 1.807) is 17.0 Å². The first-order chi connectivity index (χ1) is 9.19. The molecule has 3 rings (SSSR count). The van der Waals surface area contributed by atoms with E-state index in [2.05, 4.69) is 0 Å². The molecule has 1 heterocycles. The summed E-state index contributed by atoms with van der Waals surface area (Å²) in [5.41, 5.74) is 0.800. The highest BCUT2D eigenvalue weighted by molar-refractivity contribution is 6.05. The molecule has 0 radical (unpaired) electrons. The van der Waals surface area contributed by atoms with Gasteiger partial charge in [0.1, 0.15) is 5.75 Å². The van der Waals surface area contributed by atoms with Crippen molar-refractivity contribution in [2.45, 2.75) is 6.42 Å². The molecule has 1 aliphatic heterocycles. The largest absolute Gasteiger partial charge is 0.508 e. The highest BCUT2D eigenvalue weighted by Gasteiger charge is 2.30. The third-order valence-electron chi connectivity index (χ3n) is 3.60. The molecule has 1 amide bonds. The maximum atomic E-state index is 12.0. The molecule has 1 unspecified atom stereocenters. The quantitative estimate of drug-likeness (QED) is 0.863. The van der Waals surface area contributed by atoms with Gasteiger partial charge in [0.2, 0.25) is 5.91 Å². The lowest BCUT2D eigenvalue weighted by Gasteiger charge is -2.19. The van der Waals surface area contributed by atoms with Gasteiger partial charge in [0.25, 0.3) is 0 Å². The van der Waals surface area contributed by atoms with Crippen molar-refractivity contribution in [3.8, 4) is 5.75 Å². The molecule has 0 aromatic heterocycles. The summed E-state index contributed by atoms with van der Waals surface area (Å²) in [6, 6.07) is 10.9. The van der Waals surface area contributed by atoms with E-state index in [-0.39, 0.29) is 24.2 Å². The van der Waals surface area contributed by atoms with Gasteiger partial charge in [-0.25, -0.2) is 0 Å². The number of amides is 1. The highest BCUT2D eigenvalue weighted by atomic mass is 16.3. The van der Waals surface area contributed by atoms with Crippen molar-refractivity contribution in [2.75, 3.05) is 18.1 Å². The zero-order valence-corrected chi connectivity index (χ0v) is 10.4. The second-order valence-corrected chi connectivity index (χ2v) is 4.94. The molecule has 2 aromatic rings. The number of nitrogens with zero attached hydrogens (tertiary/aromatic N) is 1. The number of aliphatic hydroxyl groups excluding tert-OH is 1. The average Bonchev–Trinajstić information content (AvgIpc) is 2.79. The van der Waals surface area contributed by atoms with Gasteiger partial charge < -0.3 is 15.1 Å². The molecule has 98 valence electrons. The molecule has 19 heavy (non-hydrogen) atoms. The minimum absolute atomic E-state index is 0.0000605. The summed E-state index contributed by atoms with van der Waals surface area (Å²) < 4.78 is 0. The van der Waals surface area contributed by atoms with Crippen LogP contribution in [-0.2, 0) is 4.79 Å². The lowest BCUT2D eigenvalue weighted by Crippen LogP contribution is -2.25. The van der Waals surface area contributed by atoms with E-state index in [0.717, 1.165) is 16.5 Å². The van der Waals surface area contributed by atoms with E-state index in [0.29, 0.717) is 13.0 Å². The zero-order chi connectivity index (χ0) is 13.4. The van der Waals surface area contributed by atoms with Gasteiger partial charge in [-0.05, 0) is 23.6 Å². The fourth-order valence-corrected chi connectivity index (χ4v) is 2.62. The van der Waals surface area contributed by atoms with E-state index in [9.17, 15) is 15.0 Å². The third kappa shape index (κ3) is 2.04. The smallest absolute Gasteiger partial charge is 0.227 e. The van der Waals surface area contributed by atoms with Crippen LogP contribution in [0.25, 0.3) is 10.8 Å². The lowest BCUT2D eigenvalue weighted by molar-refractivity contribution is -0.117. The first-order valence-electron chi connectivity index (χ1n) is 6.32. The van der Waals surface area contributed by atoms with Crippen molar-refractivity contribution >= 4 is 22.4 Å². The monoisotopic (exact) mass is 257 g/mol. The third-order valence-corrected chi connectivity index (χ3v) is 3.60. The molecule has 0 saturated carbocycles. The van der Waals surface area contributed by atoms with Crippen LogP contribution in [0.4, 0.5) is 5.69 Å². The fourth-order valence-electron chi connectivity index (χ4n) is 2.62. The van der Waals surface area contributed by atoms with Gasteiger partial charge in [-0.2, -0.15) is 0 Å². The summed E-state index contributed by atoms with van der Waals surface area (Å²) in [6.45, 7) is 0.558. The number of carbonyl (C=O) groups excluding carboxylic acids is 1. The van der Waals surface area contributed by atoms with Crippen molar-refractivity contribution in [1.29, 1.82) is 0 Å². The Bertz CT molecular complexity index is 638. The number of aliphatic hydroxyl groups is 1. The second-order valence-electron chi connectivity index (χ2n) is 4.94. The van der Waals surface area contributed by atoms with Crippen molar-refractivity contribution in [1.82, 2.24) is 0 Å². The van der Waals surface area contributed by atoms with E-state index in [1.165, 1.54) is 0 Å². The van der Waals surface area contributed by atoms with E-state index in [1.807, 2.05) is 24.3 Å². The minimum Gasteiger partial charge on any atom is -0.508 e. The van der Waals surface area contributed by atoms with Crippen LogP contribution >= 0.6 is 0 Å². The van der Waals surface area contributed by atoms with Crippen LogP contribution in [0.2, 0.25) is 0 Å². The predicted molar refractivity (Wildman–Crippen MR) is 73.2 cm³/mol. The topological polar surface area (TPSA) is 60.8 Å². The standard InChI is InChI=1S/C15H15NO3/c17-9-10-6-15(19)16(8-10)14-3-1-2-11-4-5-12(18)7-13(11)14/h1-5,7,10,17-18H,6,8-9H2. The molecule has 1 saturated heterocycles. The maximum Gasteiger partial charge on any atom is 0.227 e. The number of hydrogen-bond acceptors (Lipinski definition) is 3. The lowest BCUT2D eigenvalue weighted by atomic mass is 10.1. The van der Waals surface area contributed by atoms with Gasteiger partial charge in [0.15, 0.2) is 0 Å². The Morgan fingerprint density at radius 3 is 2.84 bits per heavy atom. The van der Waals surface area contributed by atoms with Crippen LogP contribution in [0.5, 0.6) is 5.75 Å². The number of phenols is 1. The van der Waals surface area contributed by atoms with Crippen LogP contribution in [-0.4, -0.2) is 29.3 Å². The Morgan fingerprint density at radius 2 is 2.11 bits per heavy atom. The maximum absolute atomic E-state index is 12.0. The molecule has 0 spiro atoms. The second kappa shape index (κ2) is 4.55. The molecular weight excluding hydrogens is 242 g/mol. The Kier molecular flexibility index (Phi) is 2.87. The molecule has 4 heteroatoms. The van der Waals surface area contributed by atoms with Crippen LogP contribution in [0.3, 0.4) is 0 Å². The number of phenolic OH excluding ortho intramolecular Hbond substituents is 1. The van der Waals surface area contributed by atoms with Crippen molar-refractivity contribution in [3.63, 3.8) is 0 Å². The van der Waals surface area contributed by atoms with Gasteiger partial charge in [0, 0.05) is 30.9 Å². The molecule has 0 bridgehead atoms. The van der Waals surface area contributed by atoms with Gasteiger partial charge in [0.05, 0.1) is 5.69 Å². The van der Waals surface area contributed by atoms with Gasteiger partial charge in [-0.3, -0.25) is 4.79 Å². The Balaban J connectivity index is 2.10. The molecule has 4 nitrogen and oxygen atoms in total. The van der Waals surface area contributed by atoms with Crippen molar-refractivity contribution in [2.24, 2.45) is 5.92 Å². The Hall–Kier alpha value is -2.07. The summed E-state index contributed by atoms with van der Waals surface area (Å²) in [4.78, 5) is 13.7. The number of aromatic hydroxyl groups is 1. The average molecular weight is 257 g/mol. The van der Waals surface area contributed by atoms with E-state index in [4.69, 9.17) is 0 Å². The summed E-state index contributed by atoms with van der Waals surface area (Å²) in [6.07, 6.45) is 0.381. The van der Waals surface area contributed by atoms with Crippen molar-refractivity contribution < 1.29 is 15.0 Å². The fraction of sp³-hybridized carbons (Fsp3) is 0.267. The molecule has 1 atom stereocenters. The molecule has 1 fully saturated rings. The van der Waals surface area contributed by atoms with Crippen LogP contribution in [0, 0.1) is 5.92 Å². The van der Waals surface area contributed by atoms with Gasteiger partial charge >= 0.3 is 0 Å². The number of hydrogen-bond donors (Lipinski definition) is 2. The van der Waals surface area contributed by atoms with E-state index >= 15 is 0 Å². The first kappa shape index (κ1) is 12.0. The summed E-state index contributed by atoms with van der Waals surface area (Å²) in [5, 5.41) is 20.6. The Morgan fingerprint density at radius 1 is 1.26 bits per heavy atom. The van der Waals surface area contributed by atoms with E-state index < -0.39 is 0 Å². The van der Waals surface area contributed by atoms with Gasteiger partial charge in [-0.15, -0.1) is 0 Å².